The molecule has 112 valence electrons. The Hall–Kier alpha value is -1.91. The van der Waals surface area contributed by atoms with Crippen molar-refractivity contribution < 1.29 is 23.1 Å². The molecule has 0 bridgehead atoms. The summed E-state index contributed by atoms with van der Waals surface area (Å²) in [5.41, 5.74) is 4.97. The number of nitrogens with two attached hydrogens (primary N) is 1. The van der Waals surface area contributed by atoms with E-state index in [1.54, 1.807) is 0 Å². The number of sulfonamides is 1. The monoisotopic (exact) mass is 304 g/mol. The number of aliphatic hydroxyl groups excluding tert-OH is 1. The highest BCUT2D eigenvalue weighted by Gasteiger charge is 2.22. The number of carbonyl (C=O) groups is 2. The van der Waals surface area contributed by atoms with Gasteiger partial charge in [-0.15, -0.1) is 0 Å². The fraction of sp³-hybridized carbons (Fsp3) is 0.400. The summed E-state index contributed by atoms with van der Waals surface area (Å²) in [5.74, 6) is -1.47. The van der Waals surface area contributed by atoms with Crippen molar-refractivity contribution in [3.63, 3.8) is 0 Å². The molecule has 0 aliphatic carbocycles. The van der Waals surface area contributed by atoms with Crippen LogP contribution in [0.4, 0.5) is 0 Å². The smallest absolute Gasteiger partial charge is 0.267 e. The van der Waals surface area contributed by atoms with E-state index in [1.807, 2.05) is 4.72 Å². The number of aliphatic hydroxyl groups is 1. The second-order valence-corrected chi connectivity index (χ2v) is 5.79. The zero-order chi connectivity index (χ0) is 15.5. The van der Waals surface area contributed by atoms with Crippen molar-refractivity contribution in [2.45, 2.75) is 11.0 Å². The van der Waals surface area contributed by atoms with Crippen LogP contribution in [0.5, 0.6) is 0 Å². The van der Waals surface area contributed by atoms with Crippen molar-refractivity contribution in [2.75, 3.05) is 13.6 Å². The van der Waals surface area contributed by atoms with Crippen molar-refractivity contribution in [3.8, 4) is 0 Å². The number of hydrogen-bond acceptors (Lipinski definition) is 5. The quantitative estimate of drug-likeness (QED) is 0.459. The lowest BCUT2D eigenvalue weighted by Gasteiger charge is -2.07. The SMILES string of the molecule is CNC(=O)c1cc(S(=O)(=O)NCC(O)C(N)=O)cn1C. The molecule has 0 fully saturated rings. The molecule has 1 atom stereocenters. The Kier molecular flexibility index (Phi) is 4.87. The van der Waals surface area contributed by atoms with Crippen LogP contribution in [0, 0.1) is 0 Å². The van der Waals surface area contributed by atoms with Crippen LogP contribution in [0.3, 0.4) is 0 Å². The van der Waals surface area contributed by atoms with Gasteiger partial charge in [-0.25, -0.2) is 13.1 Å². The van der Waals surface area contributed by atoms with Crippen molar-refractivity contribution in [2.24, 2.45) is 12.8 Å². The maximum atomic E-state index is 11.9. The van der Waals surface area contributed by atoms with E-state index >= 15 is 0 Å². The Balaban J connectivity index is 2.94. The summed E-state index contributed by atoms with van der Waals surface area (Å²) in [6.07, 6.45) is -0.379. The molecule has 0 aliphatic heterocycles. The van der Waals surface area contributed by atoms with Crippen LogP contribution in [0.25, 0.3) is 0 Å². The molecule has 0 radical (unpaired) electrons. The van der Waals surface area contributed by atoms with Gasteiger partial charge in [0.2, 0.25) is 15.9 Å². The lowest BCUT2D eigenvalue weighted by Crippen LogP contribution is -2.39. The first-order chi connectivity index (χ1) is 9.19. The standard InChI is InChI=1S/C10H16N4O5S/c1-12-10(17)7-3-6(5-14(7)2)20(18,19)13-4-8(15)9(11)16/h3,5,8,13,15H,4H2,1-2H3,(H2,11,16)(H,12,17). The van der Waals surface area contributed by atoms with Crippen LogP contribution < -0.4 is 15.8 Å². The molecule has 5 N–H and O–H groups in total. The summed E-state index contributed by atoms with van der Waals surface area (Å²) in [7, 11) is -1.01. The average molecular weight is 304 g/mol. The third kappa shape index (κ3) is 3.56. The first-order valence-electron chi connectivity index (χ1n) is 5.54. The van der Waals surface area contributed by atoms with Crippen LogP contribution in [-0.4, -0.2) is 49.6 Å². The van der Waals surface area contributed by atoms with E-state index in [0.717, 1.165) is 0 Å². The Morgan fingerprint density at radius 2 is 2.10 bits per heavy atom. The number of hydrogen-bond donors (Lipinski definition) is 4. The Bertz CT molecular complexity index is 622. The molecule has 9 nitrogen and oxygen atoms in total. The minimum atomic E-state index is -3.95. The van der Waals surface area contributed by atoms with Gasteiger partial charge >= 0.3 is 0 Å². The number of primary amides is 1. The second-order valence-electron chi connectivity index (χ2n) is 4.02. The minimum Gasteiger partial charge on any atom is -0.382 e. The molecule has 0 aromatic carbocycles. The number of rotatable bonds is 6. The third-order valence-electron chi connectivity index (χ3n) is 2.54. The van der Waals surface area contributed by atoms with Gasteiger partial charge in [-0.05, 0) is 6.07 Å². The Morgan fingerprint density at radius 3 is 2.60 bits per heavy atom. The normalized spacial score (nSPS) is 12.9. The van der Waals surface area contributed by atoms with Gasteiger partial charge in [0.25, 0.3) is 5.91 Å². The summed E-state index contributed by atoms with van der Waals surface area (Å²) in [5, 5.41) is 11.5. The van der Waals surface area contributed by atoms with Crippen LogP contribution in [-0.2, 0) is 21.9 Å². The molecule has 0 saturated heterocycles. The average Bonchev–Trinajstić information content (AvgIpc) is 2.77. The summed E-state index contributed by atoms with van der Waals surface area (Å²) in [6, 6.07) is 1.18. The fourth-order valence-electron chi connectivity index (χ4n) is 1.41. The van der Waals surface area contributed by atoms with Crippen molar-refractivity contribution >= 4 is 21.8 Å². The van der Waals surface area contributed by atoms with Crippen LogP contribution >= 0.6 is 0 Å². The number of nitrogens with one attached hydrogen (secondary N) is 2. The maximum Gasteiger partial charge on any atom is 0.267 e. The number of carbonyl (C=O) groups excluding carboxylic acids is 2. The molecule has 0 spiro atoms. The van der Waals surface area contributed by atoms with Gasteiger partial charge in [-0.1, -0.05) is 0 Å². The van der Waals surface area contributed by atoms with E-state index in [2.05, 4.69) is 5.32 Å². The van der Waals surface area contributed by atoms with Crippen molar-refractivity contribution in [1.82, 2.24) is 14.6 Å². The molecule has 20 heavy (non-hydrogen) atoms. The topological polar surface area (TPSA) is 144 Å². The van der Waals surface area contributed by atoms with Crippen LogP contribution in [0.15, 0.2) is 17.2 Å². The van der Waals surface area contributed by atoms with Crippen LogP contribution in [0.2, 0.25) is 0 Å². The van der Waals surface area contributed by atoms with Gasteiger partial charge in [0.05, 0.1) is 0 Å². The molecular weight excluding hydrogens is 288 g/mol. The first kappa shape index (κ1) is 16.1. The van der Waals surface area contributed by atoms with Gasteiger partial charge in [0.15, 0.2) is 0 Å². The molecule has 1 aromatic rings. The highest BCUT2D eigenvalue weighted by atomic mass is 32.2. The van der Waals surface area contributed by atoms with E-state index < -0.39 is 34.5 Å². The van der Waals surface area contributed by atoms with Crippen molar-refractivity contribution in [1.29, 1.82) is 0 Å². The first-order valence-corrected chi connectivity index (χ1v) is 7.03. The highest BCUT2D eigenvalue weighted by Crippen LogP contribution is 2.13. The number of amides is 2. The van der Waals surface area contributed by atoms with E-state index in [9.17, 15) is 18.0 Å². The predicted octanol–water partition coefficient (Wildman–Crippen LogP) is -2.49. The highest BCUT2D eigenvalue weighted by molar-refractivity contribution is 7.89. The van der Waals surface area contributed by atoms with Gasteiger partial charge in [0, 0.05) is 26.8 Å². The summed E-state index contributed by atoms with van der Waals surface area (Å²) in [6.45, 7) is -0.540. The molecule has 1 unspecified atom stereocenters. The third-order valence-corrected chi connectivity index (χ3v) is 3.94. The predicted molar refractivity (Wildman–Crippen MR) is 69.2 cm³/mol. The Labute approximate surface area is 115 Å². The Morgan fingerprint density at radius 1 is 1.50 bits per heavy atom. The summed E-state index contributed by atoms with van der Waals surface area (Å²) in [4.78, 5) is 21.9. The number of aromatic nitrogens is 1. The summed E-state index contributed by atoms with van der Waals surface area (Å²) < 4.78 is 27.2. The van der Waals surface area contributed by atoms with E-state index in [-0.39, 0.29) is 10.6 Å². The lowest BCUT2D eigenvalue weighted by molar-refractivity contribution is -0.125. The molecule has 10 heteroatoms. The minimum absolute atomic E-state index is 0.156. The molecule has 1 heterocycles. The molecular formula is C10H16N4O5S. The number of aryl methyl sites for hydroxylation is 1. The fourth-order valence-corrected chi connectivity index (χ4v) is 2.52. The van der Waals surface area contributed by atoms with Crippen molar-refractivity contribution in [3.05, 3.63) is 18.0 Å². The second kappa shape index (κ2) is 6.03. The zero-order valence-electron chi connectivity index (χ0n) is 11.0. The van der Waals surface area contributed by atoms with Gasteiger partial charge < -0.3 is 20.7 Å². The summed E-state index contributed by atoms with van der Waals surface area (Å²) >= 11 is 0. The largest absolute Gasteiger partial charge is 0.382 e. The molecule has 0 aliphatic rings. The molecule has 0 saturated carbocycles. The van der Waals surface area contributed by atoms with Crippen LogP contribution in [0.1, 0.15) is 10.5 Å². The molecule has 1 aromatic heterocycles. The van der Waals surface area contributed by atoms with E-state index in [0.29, 0.717) is 0 Å². The van der Waals surface area contributed by atoms with E-state index in [4.69, 9.17) is 10.8 Å². The molecule has 1 rings (SSSR count). The zero-order valence-corrected chi connectivity index (χ0v) is 11.8. The van der Waals surface area contributed by atoms with Gasteiger partial charge in [-0.3, -0.25) is 9.59 Å². The lowest BCUT2D eigenvalue weighted by atomic mass is 10.3. The van der Waals surface area contributed by atoms with E-state index in [1.165, 1.54) is 30.9 Å². The van der Waals surface area contributed by atoms with Gasteiger partial charge in [0.1, 0.15) is 16.7 Å². The maximum absolute atomic E-state index is 11.9. The van der Waals surface area contributed by atoms with Gasteiger partial charge in [-0.2, -0.15) is 0 Å². The molecule has 2 amide bonds. The number of nitrogens with zero attached hydrogens (tertiary/aromatic N) is 1.